The quantitative estimate of drug-likeness (QED) is 0.911. The molecule has 1 aliphatic heterocycles. The van der Waals surface area contributed by atoms with E-state index in [2.05, 4.69) is 13.0 Å². The van der Waals surface area contributed by atoms with Crippen molar-refractivity contribution in [1.82, 2.24) is 4.90 Å². The molecule has 1 saturated heterocycles. The Morgan fingerprint density at radius 1 is 1.32 bits per heavy atom. The average molecular weight is 321 g/mol. The molecule has 1 fully saturated rings. The van der Waals surface area contributed by atoms with E-state index in [1.807, 2.05) is 11.8 Å². The van der Waals surface area contributed by atoms with Crippen LogP contribution in [0.3, 0.4) is 0 Å². The second-order valence-electron chi connectivity index (χ2n) is 6.87. The minimum atomic E-state index is -0.736. The van der Waals surface area contributed by atoms with Gasteiger partial charge < -0.3 is 10.0 Å². The molecule has 0 bridgehead atoms. The first-order valence-electron chi connectivity index (χ1n) is 8.09. The van der Waals surface area contributed by atoms with Crippen molar-refractivity contribution in [1.29, 1.82) is 0 Å². The number of hydrogen-bond donors (Lipinski definition) is 1. The second-order valence-corrected chi connectivity index (χ2v) is 8.01. The van der Waals surface area contributed by atoms with E-state index in [9.17, 15) is 14.7 Å². The van der Waals surface area contributed by atoms with Gasteiger partial charge in [0.2, 0.25) is 0 Å². The summed E-state index contributed by atoms with van der Waals surface area (Å²) in [4.78, 5) is 27.9. The minimum absolute atomic E-state index is 0.0183. The first kappa shape index (κ1) is 15.5. The van der Waals surface area contributed by atoms with Crippen LogP contribution < -0.4 is 0 Å². The summed E-state index contributed by atoms with van der Waals surface area (Å²) in [6.45, 7) is 5.30. The first-order valence-corrected chi connectivity index (χ1v) is 8.91. The third kappa shape index (κ3) is 2.91. The molecular formula is C17H23NO3S. The molecule has 3 atom stereocenters. The summed E-state index contributed by atoms with van der Waals surface area (Å²) < 4.78 is 0. The molecule has 4 nitrogen and oxygen atoms in total. The van der Waals surface area contributed by atoms with Gasteiger partial charge >= 0.3 is 5.97 Å². The summed E-state index contributed by atoms with van der Waals surface area (Å²) in [7, 11) is 0. The fraction of sp³-hybridized carbons (Fsp3) is 0.647. The summed E-state index contributed by atoms with van der Waals surface area (Å²) in [6.07, 6.45) is 3.94. The highest BCUT2D eigenvalue weighted by Crippen LogP contribution is 2.33. The number of rotatable bonds is 2. The molecule has 2 aliphatic rings. The largest absolute Gasteiger partial charge is 0.481 e. The van der Waals surface area contributed by atoms with E-state index in [0.29, 0.717) is 25.4 Å². The molecule has 3 unspecified atom stereocenters. The highest BCUT2D eigenvalue weighted by atomic mass is 32.1. The van der Waals surface area contributed by atoms with E-state index in [-0.39, 0.29) is 17.7 Å². The Hall–Kier alpha value is -1.36. The van der Waals surface area contributed by atoms with Crippen LogP contribution in [0.15, 0.2) is 6.07 Å². The summed E-state index contributed by atoms with van der Waals surface area (Å²) >= 11 is 1.64. The molecule has 1 amide bonds. The Morgan fingerprint density at radius 2 is 2.09 bits per heavy atom. The fourth-order valence-corrected chi connectivity index (χ4v) is 4.84. The van der Waals surface area contributed by atoms with Gasteiger partial charge in [0.1, 0.15) is 0 Å². The van der Waals surface area contributed by atoms with Crippen LogP contribution in [0.1, 0.15) is 46.8 Å². The third-order valence-corrected chi connectivity index (χ3v) is 6.27. The van der Waals surface area contributed by atoms with Crippen LogP contribution in [-0.4, -0.2) is 35.0 Å². The maximum absolute atomic E-state index is 12.7. The van der Waals surface area contributed by atoms with Gasteiger partial charge in [-0.05, 0) is 49.1 Å². The summed E-state index contributed by atoms with van der Waals surface area (Å²) in [5.74, 6) is -0.245. The van der Waals surface area contributed by atoms with Crippen molar-refractivity contribution < 1.29 is 14.7 Å². The molecule has 1 aliphatic carbocycles. The number of piperidine rings is 1. The van der Waals surface area contributed by atoms with E-state index in [4.69, 9.17) is 0 Å². The number of amides is 1. The third-order valence-electron chi connectivity index (χ3n) is 5.05. The van der Waals surface area contributed by atoms with Crippen LogP contribution in [0, 0.1) is 17.8 Å². The maximum Gasteiger partial charge on any atom is 0.306 e. The number of nitrogens with zero attached hydrogens (tertiary/aromatic N) is 1. The average Bonchev–Trinajstić information content (AvgIpc) is 2.88. The Bertz CT molecular complexity index is 595. The van der Waals surface area contributed by atoms with Crippen LogP contribution in [0.25, 0.3) is 0 Å². The molecule has 120 valence electrons. The Balaban J connectivity index is 1.71. The van der Waals surface area contributed by atoms with Gasteiger partial charge in [-0.3, -0.25) is 9.59 Å². The summed E-state index contributed by atoms with van der Waals surface area (Å²) in [5, 5.41) is 9.18. The summed E-state index contributed by atoms with van der Waals surface area (Å²) in [6, 6.07) is 2.08. The molecule has 1 N–H and O–H groups in total. The van der Waals surface area contributed by atoms with Gasteiger partial charge in [-0.25, -0.2) is 0 Å². The predicted molar refractivity (Wildman–Crippen MR) is 86.3 cm³/mol. The van der Waals surface area contributed by atoms with Gasteiger partial charge in [0.15, 0.2) is 0 Å². The Kier molecular flexibility index (Phi) is 4.26. The van der Waals surface area contributed by atoms with Gasteiger partial charge in [-0.15, -0.1) is 11.3 Å². The smallest absolute Gasteiger partial charge is 0.306 e. The van der Waals surface area contributed by atoms with Crippen molar-refractivity contribution in [3.63, 3.8) is 0 Å². The Morgan fingerprint density at radius 3 is 2.77 bits per heavy atom. The van der Waals surface area contributed by atoms with Gasteiger partial charge in [0.25, 0.3) is 5.91 Å². The predicted octanol–water partition coefficient (Wildman–Crippen LogP) is 3.06. The van der Waals surface area contributed by atoms with E-state index in [1.54, 1.807) is 11.3 Å². The molecule has 0 spiro atoms. The number of fused-ring (bicyclic) bond motifs is 1. The number of carbonyl (C=O) groups is 2. The SMILES string of the molecule is CC1CCc2sc(C(=O)N3CCC(C(=O)O)C(C)C3)cc2C1. The highest BCUT2D eigenvalue weighted by molar-refractivity contribution is 7.14. The standard InChI is InChI=1S/C17H23NO3S/c1-10-3-4-14-12(7-10)8-15(22-14)16(19)18-6-5-13(17(20)21)11(2)9-18/h8,10-11,13H,3-7,9H2,1-2H3,(H,20,21). The number of hydrogen-bond acceptors (Lipinski definition) is 3. The number of carboxylic acid groups (broad SMARTS) is 1. The Labute approximate surface area is 135 Å². The van der Waals surface area contributed by atoms with Crippen LogP contribution in [-0.2, 0) is 17.6 Å². The summed E-state index contributed by atoms with van der Waals surface area (Å²) in [5.41, 5.74) is 1.35. The highest BCUT2D eigenvalue weighted by Gasteiger charge is 2.34. The van der Waals surface area contributed by atoms with Crippen LogP contribution >= 0.6 is 11.3 Å². The number of likely N-dealkylation sites (tertiary alicyclic amines) is 1. The zero-order chi connectivity index (χ0) is 15.9. The van der Waals surface area contributed by atoms with Crippen molar-refractivity contribution in [3.05, 3.63) is 21.4 Å². The molecule has 2 heterocycles. The monoisotopic (exact) mass is 321 g/mol. The number of thiophene rings is 1. The van der Waals surface area contributed by atoms with Gasteiger partial charge in [0, 0.05) is 18.0 Å². The van der Waals surface area contributed by atoms with E-state index in [1.165, 1.54) is 16.9 Å². The number of carbonyl (C=O) groups excluding carboxylic acids is 1. The molecule has 1 aromatic rings. The van der Waals surface area contributed by atoms with Crippen LogP contribution in [0.2, 0.25) is 0 Å². The molecule has 1 aromatic heterocycles. The second kappa shape index (κ2) is 6.03. The minimum Gasteiger partial charge on any atom is -0.481 e. The molecule has 22 heavy (non-hydrogen) atoms. The molecular weight excluding hydrogens is 298 g/mol. The topological polar surface area (TPSA) is 57.6 Å². The van der Waals surface area contributed by atoms with E-state index >= 15 is 0 Å². The van der Waals surface area contributed by atoms with Gasteiger partial charge in [0.05, 0.1) is 10.8 Å². The van der Waals surface area contributed by atoms with E-state index < -0.39 is 5.97 Å². The van der Waals surface area contributed by atoms with E-state index in [0.717, 1.165) is 17.7 Å². The number of carboxylic acids is 1. The number of aliphatic carboxylic acids is 1. The van der Waals surface area contributed by atoms with Crippen molar-refractivity contribution in [3.8, 4) is 0 Å². The first-order chi connectivity index (χ1) is 10.5. The molecule has 0 radical (unpaired) electrons. The molecule has 5 heteroatoms. The normalized spacial score (nSPS) is 28.3. The molecule has 3 rings (SSSR count). The zero-order valence-corrected chi connectivity index (χ0v) is 14.0. The molecule has 0 aromatic carbocycles. The van der Waals surface area contributed by atoms with Crippen molar-refractivity contribution in [2.45, 2.75) is 39.5 Å². The maximum atomic E-state index is 12.7. The molecule has 0 saturated carbocycles. The van der Waals surface area contributed by atoms with Crippen LogP contribution in [0.5, 0.6) is 0 Å². The zero-order valence-electron chi connectivity index (χ0n) is 13.2. The van der Waals surface area contributed by atoms with Gasteiger partial charge in [-0.2, -0.15) is 0 Å². The van der Waals surface area contributed by atoms with Crippen molar-refractivity contribution in [2.75, 3.05) is 13.1 Å². The fourth-order valence-electron chi connectivity index (χ4n) is 3.66. The lowest BCUT2D eigenvalue weighted by molar-refractivity contribution is -0.145. The lowest BCUT2D eigenvalue weighted by atomic mass is 9.87. The van der Waals surface area contributed by atoms with Crippen LogP contribution in [0.4, 0.5) is 0 Å². The van der Waals surface area contributed by atoms with Crippen molar-refractivity contribution >= 4 is 23.2 Å². The lowest BCUT2D eigenvalue weighted by Gasteiger charge is -2.34. The number of aryl methyl sites for hydroxylation is 1. The lowest BCUT2D eigenvalue weighted by Crippen LogP contribution is -2.44. The van der Waals surface area contributed by atoms with Crippen molar-refractivity contribution in [2.24, 2.45) is 17.8 Å². The van der Waals surface area contributed by atoms with Gasteiger partial charge in [-0.1, -0.05) is 13.8 Å².